The van der Waals surface area contributed by atoms with Gasteiger partial charge in [0.2, 0.25) is 0 Å². The smallest absolute Gasteiger partial charge is 0.314 e. The number of hydrogen-bond acceptors (Lipinski definition) is 4. The molecule has 3 rings (SSSR count). The Morgan fingerprint density at radius 3 is 2.76 bits per heavy atom. The first-order chi connectivity index (χ1) is 12.2. The third kappa shape index (κ3) is 4.44. The van der Waals surface area contributed by atoms with E-state index in [4.69, 9.17) is 14.2 Å². The van der Waals surface area contributed by atoms with Crippen LogP contribution in [-0.2, 0) is 14.9 Å². The van der Waals surface area contributed by atoms with Crippen LogP contribution in [0.5, 0.6) is 5.75 Å². The van der Waals surface area contributed by atoms with E-state index >= 15 is 0 Å². The third-order valence-electron chi connectivity index (χ3n) is 5.23. The van der Waals surface area contributed by atoms with Crippen molar-refractivity contribution in [1.29, 1.82) is 0 Å². The Balaban J connectivity index is 1.63. The fraction of sp³-hybridized carbons (Fsp3) is 0.632. The zero-order valence-electron chi connectivity index (χ0n) is 14.9. The molecule has 0 saturated carbocycles. The van der Waals surface area contributed by atoms with Crippen LogP contribution in [-0.4, -0.2) is 52.2 Å². The van der Waals surface area contributed by atoms with Gasteiger partial charge in [0.25, 0.3) is 0 Å². The van der Waals surface area contributed by atoms with Gasteiger partial charge in [-0.15, -0.1) is 0 Å². The van der Waals surface area contributed by atoms with Crippen molar-refractivity contribution in [3.05, 3.63) is 29.8 Å². The van der Waals surface area contributed by atoms with Crippen molar-refractivity contribution in [3.8, 4) is 5.75 Å². The lowest BCUT2D eigenvalue weighted by atomic mass is 9.73. The highest BCUT2D eigenvalue weighted by Crippen LogP contribution is 2.39. The third-order valence-corrected chi connectivity index (χ3v) is 5.23. The van der Waals surface area contributed by atoms with Crippen LogP contribution in [0.2, 0.25) is 0 Å². The van der Waals surface area contributed by atoms with Gasteiger partial charge in [-0.25, -0.2) is 4.79 Å². The Bertz CT molecular complexity index is 566. The van der Waals surface area contributed by atoms with Gasteiger partial charge in [0.1, 0.15) is 5.75 Å². The van der Waals surface area contributed by atoms with Crippen LogP contribution < -0.4 is 15.4 Å². The van der Waals surface area contributed by atoms with Crippen LogP contribution in [0.25, 0.3) is 0 Å². The summed E-state index contributed by atoms with van der Waals surface area (Å²) >= 11 is 0. The molecular formula is C19H28N2O4. The Labute approximate surface area is 149 Å². The van der Waals surface area contributed by atoms with E-state index in [1.54, 1.807) is 7.11 Å². The lowest BCUT2D eigenvalue weighted by Gasteiger charge is -2.38. The number of benzene rings is 1. The van der Waals surface area contributed by atoms with Gasteiger partial charge >= 0.3 is 6.03 Å². The van der Waals surface area contributed by atoms with E-state index < -0.39 is 0 Å². The zero-order valence-corrected chi connectivity index (χ0v) is 14.9. The molecule has 2 fully saturated rings. The molecule has 1 aromatic carbocycles. The first-order valence-corrected chi connectivity index (χ1v) is 9.08. The molecule has 1 atom stereocenters. The largest absolute Gasteiger partial charge is 0.496 e. The quantitative estimate of drug-likeness (QED) is 0.827. The van der Waals surface area contributed by atoms with E-state index in [0.29, 0.717) is 26.3 Å². The molecule has 2 saturated heterocycles. The summed E-state index contributed by atoms with van der Waals surface area (Å²) in [5, 5.41) is 5.97. The standard InChI is InChI=1S/C19H28N2O4/c1-23-17-7-3-2-6-16(17)19(8-11-24-12-9-19)14-21-18(22)20-13-15-5-4-10-25-15/h2-3,6-7,15H,4-5,8-14H2,1H3,(H2,20,21,22)/t15-/m1/s1. The van der Waals surface area contributed by atoms with Gasteiger partial charge < -0.3 is 24.8 Å². The highest BCUT2D eigenvalue weighted by atomic mass is 16.5. The average Bonchev–Trinajstić information content (AvgIpc) is 3.19. The molecule has 6 nitrogen and oxygen atoms in total. The van der Waals surface area contributed by atoms with E-state index in [0.717, 1.165) is 43.6 Å². The van der Waals surface area contributed by atoms with Gasteiger partial charge in [-0.05, 0) is 31.7 Å². The molecule has 2 heterocycles. The van der Waals surface area contributed by atoms with Crippen LogP contribution in [0.4, 0.5) is 4.79 Å². The second kappa shape index (κ2) is 8.54. The summed E-state index contributed by atoms with van der Waals surface area (Å²) in [6, 6.07) is 7.92. The molecule has 138 valence electrons. The second-order valence-electron chi connectivity index (χ2n) is 6.79. The normalized spacial score (nSPS) is 22.4. The summed E-state index contributed by atoms with van der Waals surface area (Å²) in [5.41, 5.74) is 0.978. The molecule has 2 aliphatic heterocycles. The first kappa shape index (κ1) is 18.0. The monoisotopic (exact) mass is 348 g/mol. The van der Waals surface area contributed by atoms with Crippen LogP contribution in [0.1, 0.15) is 31.2 Å². The van der Waals surface area contributed by atoms with E-state index in [1.165, 1.54) is 0 Å². The number of carbonyl (C=O) groups is 1. The van der Waals surface area contributed by atoms with Gasteiger partial charge in [0.05, 0.1) is 13.2 Å². The minimum absolute atomic E-state index is 0.142. The predicted molar refractivity (Wildman–Crippen MR) is 95.1 cm³/mol. The van der Waals surface area contributed by atoms with Crippen LogP contribution >= 0.6 is 0 Å². The SMILES string of the molecule is COc1ccccc1C1(CNC(=O)NC[C@H]2CCCO2)CCOCC1. The van der Waals surface area contributed by atoms with E-state index in [-0.39, 0.29) is 17.6 Å². The van der Waals surface area contributed by atoms with Crippen molar-refractivity contribution in [3.63, 3.8) is 0 Å². The predicted octanol–water partition coefficient (Wildman–Crippen LogP) is 2.22. The van der Waals surface area contributed by atoms with E-state index in [9.17, 15) is 4.79 Å². The van der Waals surface area contributed by atoms with E-state index in [1.807, 2.05) is 18.2 Å². The number of hydrogen-bond donors (Lipinski definition) is 2. The van der Waals surface area contributed by atoms with Crippen molar-refractivity contribution >= 4 is 6.03 Å². The van der Waals surface area contributed by atoms with Gasteiger partial charge in [0, 0.05) is 43.9 Å². The Hall–Kier alpha value is -1.79. The Kier molecular flexibility index (Phi) is 6.15. The maximum absolute atomic E-state index is 12.2. The highest BCUT2D eigenvalue weighted by Gasteiger charge is 2.37. The summed E-state index contributed by atoms with van der Waals surface area (Å²) in [6.45, 7) is 3.31. The topological polar surface area (TPSA) is 68.8 Å². The molecule has 0 aliphatic carbocycles. The van der Waals surface area contributed by atoms with Crippen molar-refractivity contribution in [2.75, 3.05) is 40.0 Å². The summed E-state index contributed by atoms with van der Waals surface area (Å²) in [7, 11) is 1.69. The second-order valence-corrected chi connectivity index (χ2v) is 6.79. The number of rotatable bonds is 6. The minimum atomic E-state index is -0.161. The maximum atomic E-state index is 12.2. The molecule has 0 bridgehead atoms. The molecule has 2 N–H and O–H groups in total. The zero-order chi connectivity index (χ0) is 17.5. The molecule has 6 heteroatoms. The van der Waals surface area contributed by atoms with Gasteiger partial charge in [-0.3, -0.25) is 0 Å². The van der Waals surface area contributed by atoms with Crippen molar-refractivity contribution in [2.24, 2.45) is 0 Å². The number of carbonyl (C=O) groups excluding carboxylic acids is 1. The summed E-state index contributed by atoms with van der Waals surface area (Å²) in [6.07, 6.45) is 3.96. The number of methoxy groups -OCH3 is 1. The number of ether oxygens (including phenoxy) is 3. The number of urea groups is 1. The van der Waals surface area contributed by atoms with Crippen LogP contribution in [0.15, 0.2) is 24.3 Å². The lowest BCUT2D eigenvalue weighted by molar-refractivity contribution is 0.0497. The molecule has 0 radical (unpaired) electrons. The lowest BCUT2D eigenvalue weighted by Crippen LogP contribution is -2.48. The molecule has 2 aliphatic rings. The van der Waals surface area contributed by atoms with Gasteiger partial charge in [-0.2, -0.15) is 0 Å². The molecule has 0 spiro atoms. The van der Waals surface area contributed by atoms with Crippen LogP contribution in [0, 0.1) is 0 Å². The first-order valence-electron chi connectivity index (χ1n) is 9.08. The number of nitrogens with one attached hydrogen (secondary N) is 2. The van der Waals surface area contributed by atoms with Crippen molar-refractivity contribution in [1.82, 2.24) is 10.6 Å². The molecule has 25 heavy (non-hydrogen) atoms. The van der Waals surface area contributed by atoms with Gasteiger partial charge in [-0.1, -0.05) is 18.2 Å². The summed E-state index contributed by atoms with van der Waals surface area (Å²) < 4.78 is 16.7. The van der Waals surface area contributed by atoms with Gasteiger partial charge in [0.15, 0.2) is 0 Å². The average molecular weight is 348 g/mol. The summed E-state index contributed by atoms with van der Waals surface area (Å²) in [4.78, 5) is 12.2. The fourth-order valence-corrected chi connectivity index (χ4v) is 3.71. The van der Waals surface area contributed by atoms with Crippen molar-refractivity contribution in [2.45, 2.75) is 37.2 Å². The van der Waals surface area contributed by atoms with Crippen molar-refractivity contribution < 1.29 is 19.0 Å². The number of para-hydroxylation sites is 1. The molecule has 0 unspecified atom stereocenters. The molecule has 2 amide bonds. The summed E-state index contributed by atoms with van der Waals surface area (Å²) in [5.74, 6) is 0.867. The molecule has 0 aromatic heterocycles. The molecule has 1 aromatic rings. The minimum Gasteiger partial charge on any atom is -0.496 e. The maximum Gasteiger partial charge on any atom is 0.314 e. The Morgan fingerprint density at radius 2 is 2.04 bits per heavy atom. The highest BCUT2D eigenvalue weighted by molar-refractivity contribution is 5.74. The van der Waals surface area contributed by atoms with E-state index in [2.05, 4.69) is 16.7 Å². The fourth-order valence-electron chi connectivity index (χ4n) is 3.71. The number of amides is 2. The van der Waals surface area contributed by atoms with Crippen LogP contribution in [0.3, 0.4) is 0 Å². The molecular weight excluding hydrogens is 320 g/mol. The Morgan fingerprint density at radius 1 is 1.24 bits per heavy atom.